The maximum Gasteiger partial charge on any atom is 0.514 e. The zero-order valence-electron chi connectivity index (χ0n) is 12.9. The van der Waals surface area contributed by atoms with Gasteiger partial charge in [0.05, 0.1) is 0 Å². The van der Waals surface area contributed by atoms with E-state index in [-0.39, 0.29) is 9.58 Å². The van der Waals surface area contributed by atoms with E-state index >= 15 is 0 Å². The van der Waals surface area contributed by atoms with Gasteiger partial charge in [-0.15, -0.1) is 4.79 Å². The van der Waals surface area contributed by atoms with Gasteiger partial charge in [0, 0.05) is 4.79 Å². The van der Waals surface area contributed by atoms with Crippen LogP contribution in [-0.2, 0) is 0 Å². The third-order valence-corrected chi connectivity index (χ3v) is 2.00. The highest BCUT2D eigenvalue weighted by atomic mass is 16.7. The van der Waals surface area contributed by atoms with Crippen LogP contribution in [0.2, 0.25) is 0 Å². The molecule has 2 aromatic rings. The number of hydrogen-bond donors (Lipinski definition) is 4. The largest absolute Gasteiger partial charge is 0.514 e. The standard InChI is InChI=1S/C4N12O8.2H4NO/c17-13(18)3-5-1(11(7-3)9-15(21)22)2-6-4(14(19)20)8-12(2)10-16(23)24;2*1-2/h;2*2H,1H3/q-2;2*+1. The highest BCUT2D eigenvalue weighted by Gasteiger charge is 2.37. The molecule has 8 N–H and O–H groups in total. The Balaban J connectivity index is 0.00000171. The van der Waals surface area contributed by atoms with Gasteiger partial charge in [0.25, 0.3) is 0 Å². The minimum atomic E-state index is -1.32. The average molecular weight is 412 g/mol. The molecule has 2 rings (SSSR count). The van der Waals surface area contributed by atoms with Crippen molar-refractivity contribution in [2.75, 3.05) is 0 Å². The molecule has 2 aromatic heterocycles. The number of rotatable bonds is 7. The van der Waals surface area contributed by atoms with Crippen molar-refractivity contribution in [2.45, 2.75) is 0 Å². The molecule has 24 nitrogen and oxygen atoms in total. The third kappa shape index (κ3) is 5.69. The van der Waals surface area contributed by atoms with E-state index in [2.05, 4.69) is 43.0 Å². The van der Waals surface area contributed by atoms with Crippen molar-refractivity contribution in [3.05, 3.63) is 51.5 Å². The highest BCUT2D eigenvalue weighted by molar-refractivity contribution is 5.47. The molecule has 0 aliphatic heterocycles. The lowest BCUT2D eigenvalue weighted by atomic mass is 10.6. The van der Waals surface area contributed by atoms with E-state index in [4.69, 9.17) is 10.4 Å². The summed E-state index contributed by atoms with van der Waals surface area (Å²) >= 11 is 0. The van der Waals surface area contributed by atoms with Crippen molar-refractivity contribution in [3.8, 4) is 11.6 Å². The van der Waals surface area contributed by atoms with Crippen LogP contribution in [0.25, 0.3) is 22.7 Å². The molecule has 24 heteroatoms. The van der Waals surface area contributed by atoms with Gasteiger partial charge in [-0.1, -0.05) is 10.5 Å². The molecule has 0 bridgehead atoms. The second-order valence-electron chi connectivity index (χ2n) is 3.42. The third-order valence-electron chi connectivity index (χ3n) is 2.00. The summed E-state index contributed by atoms with van der Waals surface area (Å²) in [5.41, 5.74) is 5.22. The Morgan fingerprint density at radius 3 is 1.21 bits per heavy atom. The predicted octanol–water partition coefficient (Wildman–Crippen LogP) is -3.76. The molecule has 0 aliphatic rings. The summed E-state index contributed by atoms with van der Waals surface area (Å²) in [6, 6.07) is 0. The van der Waals surface area contributed by atoms with Crippen molar-refractivity contribution < 1.29 is 42.1 Å². The lowest BCUT2D eigenvalue weighted by molar-refractivity contribution is -0.670. The molecule has 0 radical (unpaired) electrons. The summed E-state index contributed by atoms with van der Waals surface area (Å²) in [4.78, 5) is 46.1. The Hall–Kier alpha value is -4.68. The summed E-state index contributed by atoms with van der Waals surface area (Å²) in [5, 5.41) is 59.0. The van der Waals surface area contributed by atoms with Crippen LogP contribution in [0, 0.1) is 40.5 Å². The van der Waals surface area contributed by atoms with Gasteiger partial charge in [0.15, 0.2) is 0 Å². The molecule has 0 atom stereocenters. The van der Waals surface area contributed by atoms with Gasteiger partial charge in [-0.25, -0.2) is 22.2 Å². The average Bonchev–Trinajstić information content (AvgIpc) is 3.21. The van der Waals surface area contributed by atoms with Gasteiger partial charge in [-0.05, 0) is 30.5 Å². The van der Waals surface area contributed by atoms with Crippen molar-refractivity contribution in [1.29, 1.82) is 0 Å². The highest BCUT2D eigenvalue weighted by Crippen LogP contribution is 2.23. The quantitative estimate of drug-likeness (QED) is 0.250. The molecule has 2 heterocycles. The van der Waals surface area contributed by atoms with Crippen molar-refractivity contribution in [3.63, 3.8) is 0 Å². The molecule has 0 saturated heterocycles. The van der Waals surface area contributed by atoms with Crippen LogP contribution in [0.1, 0.15) is 0 Å². The van der Waals surface area contributed by atoms with Crippen LogP contribution in [-0.4, -0.2) is 60.1 Å². The first-order chi connectivity index (χ1) is 13.2. The second-order valence-corrected chi connectivity index (χ2v) is 3.42. The van der Waals surface area contributed by atoms with Gasteiger partial charge < -0.3 is 40.5 Å². The monoisotopic (exact) mass is 412 g/mol. The fourth-order valence-corrected chi connectivity index (χ4v) is 1.28. The predicted molar refractivity (Wildman–Crippen MR) is 73.2 cm³/mol. The lowest BCUT2D eigenvalue weighted by Crippen LogP contribution is -2.42. The summed E-state index contributed by atoms with van der Waals surface area (Å²) in [7, 11) is 0. The SMILES string of the molecule is O=[N+]([O-])[N-]n1nc([N+](=O)[O-])nc1-c1nc([N+](=O)[O-])nn1[N-][N+](=O)[O-].[NH3+]O.[NH3+]O. The normalized spacial score (nSPS) is 9.14. The zero-order chi connectivity index (χ0) is 22.0. The minimum Gasteiger partial charge on any atom is -0.392 e. The van der Waals surface area contributed by atoms with E-state index in [1.807, 2.05) is 0 Å². The number of hydrogen-bond acceptors (Lipinski definition) is 14. The summed E-state index contributed by atoms with van der Waals surface area (Å²) in [5.74, 6) is 0.303. The molecular weight excluding hydrogens is 404 g/mol. The Morgan fingerprint density at radius 1 is 0.714 bits per heavy atom. The van der Waals surface area contributed by atoms with Gasteiger partial charge in [0.1, 0.15) is 5.10 Å². The Labute approximate surface area is 148 Å². The Kier molecular flexibility index (Phi) is 8.61. The fourth-order valence-electron chi connectivity index (χ4n) is 1.28. The zero-order valence-corrected chi connectivity index (χ0v) is 12.9. The van der Waals surface area contributed by atoms with E-state index in [1.165, 1.54) is 0 Å². The van der Waals surface area contributed by atoms with E-state index in [9.17, 15) is 40.5 Å². The molecule has 0 amide bonds. The van der Waals surface area contributed by atoms with Gasteiger partial charge >= 0.3 is 23.5 Å². The molecule has 0 fully saturated rings. The van der Waals surface area contributed by atoms with E-state index in [1.54, 1.807) is 0 Å². The minimum absolute atomic E-state index is 0.0160. The first-order valence-corrected chi connectivity index (χ1v) is 5.78. The van der Waals surface area contributed by atoms with E-state index in [0.29, 0.717) is 0 Å². The first-order valence-electron chi connectivity index (χ1n) is 5.78. The number of aromatic nitrogens is 6. The first kappa shape index (κ1) is 23.3. The van der Waals surface area contributed by atoms with Crippen LogP contribution in [0.5, 0.6) is 0 Å². The van der Waals surface area contributed by atoms with Crippen LogP contribution >= 0.6 is 0 Å². The number of nitro groups is 4. The number of nitrogens with zero attached hydrogens (tertiary/aromatic N) is 12. The smallest absolute Gasteiger partial charge is 0.392 e. The topological polar surface area (TPSA) is 358 Å². The van der Waals surface area contributed by atoms with Crippen molar-refractivity contribution >= 4 is 11.9 Å². The Morgan fingerprint density at radius 2 is 1.00 bits per heavy atom. The van der Waals surface area contributed by atoms with Crippen LogP contribution in [0.3, 0.4) is 0 Å². The van der Waals surface area contributed by atoms with Crippen LogP contribution < -0.4 is 11.8 Å². The molecular formula is C4H8N14O10. The molecule has 154 valence electrons. The fraction of sp³-hybridized carbons (Fsp3) is 0. The maximum atomic E-state index is 10.6. The van der Waals surface area contributed by atoms with E-state index < -0.39 is 43.5 Å². The maximum absolute atomic E-state index is 10.6. The van der Waals surface area contributed by atoms with Crippen LogP contribution in [0.15, 0.2) is 0 Å². The molecule has 0 aliphatic carbocycles. The summed E-state index contributed by atoms with van der Waals surface area (Å²) in [6.07, 6.45) is 0. The molecule has 0 unspecified atom stereocenters. The van der Waals surface area contributed by atoms with Crippen molar-refractivity contribution in [2.24, 2.45) is 0 Å². The lowest BCUT2D eigenvalue weighted by Gasteiger charge is -2.02. The number of quaternary nitrogens is 2. The van der Waals surface area contributed by atoms with Gasteiger partial charge in [-0.2, -0.15) is 5.10 Å². The molecule has 0 spiro atoms. The molecule has 28 heavy (non-hydrogen) atoms. The second kappa shape index (κ2) is 10.3. The van der Waals surface area contributed by atoms with E-state index in [0.717, 1.165) is 0 Å². The molecule has 0 aromatic carbocycles. The summed E-state index contributed by atoms with van der Waals surface area (Å²) in [6.45, 7) is 0. The van der Waals surface area contributed by atoms with Gasteiger partial charge in [-0.3, -0.25) is 0 Å². The summed E-state index contributed by atoms with van der Waals surface area (Å²) < 4.78 is 0. The van der Waals surface area contributed by atoms with Crippen LogP contribution in [0.4, 0.5) is 11.9 Å². The Bertz CT molecular complexity index is 784. The van der Waals surface area contributed by atoms with Crippen molar-refractivity contribution in [1.82, 2.24) is 29.7 Å². The van der Waals surface area contributed by atoms with Gasteiger partial charge in [0.2, 0.25) is 0 Å². The molecule has 0 saturated carbocycles.